The summed E-state index contributed by atoms with van der Waals surface area (Å²) < 4.78 is 11.0. The fourth-order valence-electron chi connectivity index (χ4n) is 4.94. The van der Waals surface area contributed by atoms with Crippen LogP contribution in [0.25, 0.3) is 0 Å². The highest BCUT2D eigenvalue weighted by atomic mass is 35.5. The quantitative estimate of drug-likeness (QED) is 0.691. The molecule has 0 radical (unpaired) electrons. The van der Waals surface area contributed by atoms with Crippen LogP contribution in [-0.2, 0) is 11.2 Å². The first kappa shape index (κ1) is 22.9. The number of Topliss-reactive ketones (excluding diaryl/α,β-unsaturated/α-hetero) is 1. The number of ether oxygens (including phenoxy) is 2. The van der Waals surface area contributed by atoms with Crippen molar-refractivity contribution in [3.05, 3.63) is 34.5 Å². The minimum atomic E-state index is -0.744. The number of hydrogen-bond donors (Lipinski definition) is 2. The molecule has 2 amide bonds. The smallest absolute Gasteiger partial charge is 0.332 e. The second-order valence-electron chi connectivity index (χ2n) is 8.87. The number of carbonyl (C=O) groups excluding carboxylic acids is 2. The topological polar surface area (TPSA) is 106 Å². The summed E-state index contributed by atoms with van der Waals surface area (Å²) in [7, 11) is 3.26. The Morgan fingerprint density at radius 3 is 2.55 bits per heavy atom. The van der Waals surface area contributed by atoms with Gasteiger partial charge in [-0.25, -0.2) is 10.2 Å². The van der Waals surface area contributed by atoms with Crippen molar-refractivity contribution >= 4 is 29.9 Å². The third-order valence-corrected chi connectivity index (χ3v) is 6.18. The fraction of sp³-hybridized carbons (Fsp3) is 0.500. The molecular formula is C22H29ClN4O4. The zero-order valence-corrected chi connectivity index (χ0v) is 19.1. The van der Waals surface area contributed by atoms with Crippen LogP contribution in [0, 0.1) is 5.41 Å². The minimum Gasteiger partial charge on any atom is -0.493 e. The van der Waals surface area contributed by atoms with Gasteiger partial charge < -0.3 is 20.1 Å². The summed E-state index contributed by atoms with van der Waals surface area (Å²) in [5, 5.41) is 4.24. The van der Waals surface area contributed by atoms with Gasteiger partial charge in [0, 0.05) is 25.1 Å². The van der Waals surface area contributed by atoms with Crippen LogP contribution in [0.15, 0.2) is 28.5 Å². The molecule has 0 fully saturated rings. The summed E-state index contributed by atoms with van der Waals surface area (Å²) in [6.45, 7) is 5.04. The predicted octanol–water partition coefficient (Wildman–Crippen LogP) is 3.10. The fourth-order valence-corrected chi connectivity index (χ4v) is 4.94. The van der Waals surface area contributed by atoms with Crippen molar-refractivity contribution in [2.45, 2.75) is 45.6 Å². The van der Waals surface area contributed by atoms with Gasteiger partial charge in [0.05, 0.1) is 31.5 Å². The number of allylic oxidation sites excluding steroid dienone is 2. The van der Waals surface area contributed by atoms with Crippen LogP contribution in [0.2, 0.25) is 0 Å². The monoisotopic (exact) mass is 448 g/mol. The summed E-state index contributed by atoms with van der Waals surface area (Å²) in [5.74, 6) is 1.45. The van der Waals surface area contributed by atoms with Crippen molar-refractivity contribution in [2.24, 2.45) is 16.3 Å². The van der Waals surface area contributed by atoms with Crippen molar-refractivity contribution < 1.29 is 19.1 Å². The number of amides is 2. The maximum atomic E-state index is 13.1. The number of nitrogens with two attached hydrogens (primary N) is 1. The van der Waals surface area contributed by atoms with Crippen molar-refractivity contribution in [3.63, 3.8) is 0 Å². The second kappa shape index (κ2) is 8.42. The van der Waals surface area contributed by atoms with E-state index in [1.54, 1.807) is 14.2 Å². The molecule has 1 aliphatic carbocycles. The van der Waals surface area contributed by atoms with Crippen LogP contribution >= 0.6 is 12.4 Å². The number of nitrogens with one attached hydrogen (secondary N) is 1. The number of ketones is 1. The van der Waals surface area contributed by atoms with Gasteiger partial charge >= 0.3 is 6.03 Å². The van der Waals surface area contributed by atoms with E-state index in [0.29, 0.717) is 35.6 Å². The molecule has 1 aromatic carbocycles. The van der Waals surface area contributed by atoms with E-state index in [1.807, 2.05) is 12.1 Å². The second-order valence-corrected chi connectivity index (χ2v) is 8.87. The van der Waals surface area contributed by atoms with Crippen LogP contribution < -0.4 is 20.6 Å². The lowest BCUT2D eigenvalue weighted by Gasteiger charge is -2.48. The van der Waals surface area contributed by atoms with E-state index in [4.69, 9.17) is 15.2 Å². The van der Waals surface area contributed by atoms with Gasteiger partial charge in [-0.15, -0.1) is 12.4 Å². The highest BCUT2D eigenvalue weighted by molar-refractivity contribution is 6.24. The molecular weight excluding hydrogens is 420 g/mol. The van der Waals surface area contributed by atoms with Crippen molar-refractivity contribution in [2.75, 3.05) is 20.8 Å². The third-order valence-electron chi connectivity index (χ3n) is 6.18. The number of hydrazone groups is 1. The average molecular weight is 449 g/mol. The van der Waals surface area contributed by atoms with Gasteiger partial charge in [0.25, 0.3) is 0 Å². The Morgan fingerprint density at radius 1 is 1.23 bits per heavy atom. The molecule has 3 aliphatic rings. The first-order chi connectivity index (χ1) is 14.2. The first-order valence-corrected chi connectivity index (χ1v) is 10.1. The number of halogens is 1. The number of primary amides is 1. The van der Waals surface area contributed by atoms with Crippen LogP contribution in [0.4, 0.5) is 4.79 Å². The molecule has 9 heteroatoms. The number of nitrogens with zero attached hydrogens (tertiary/aromatic N) is 2. The number of urea groups is 1. The van der Waals surface area contributed by atoms with Gasteiger partial charge in [0.2, 0.25) is 0 Å². The van der Waals surface area contributed by atoms with Crippen molar-refractivity contribution in [3.8, 4) is 11.5 Å². The number of fused-ring (bicyclic) bond motifs is 4. The number of hydrogen-bond acceptors (Lipinski definition) is 6. The Kier molecular flexibility index (Phi) is 6.23. The highest BCUT2D eigenvalue weighted by Crippen LogP contribution is 2.49. The molecule has 3 N–H and O–H groups in total. The molecule has 4 rings (SSSR count). The summed E-state index contributed by atoms with van der Waals surface area (Å²) >= 11 is 0. The molecule has 0 spiro atoms. The summed E-state index contributed by atoms with van der Waals surface area (Å²) in [6, 6.07) is 3.31. The molecule has 1 unspecified atom stereocenters. The Bertz CT molecular complexity index is 986. The molecule has 2 heterocycles. The van der Waals surface area contributed by atoms with Crippen LogP contribution in [0.1, 0.15) is 50.3 Å². The highest BCUT2D eigenvalue weighted by Gasteiger charge is 2.44. The largest absolute Gasteiger partial charge is 0.493 e. The van der Waals surface area contributed by atoms with Crippen LogP contribution in [0.3, 0.4) is 0 Å². The first-order valence-electron chi connectivity index (χ1n) is 10.1. The SMILES string of the molecule is COc1cc2c(cc1OC)C1C/C(=N\NC(N)=O)C3=C(CC(C)(C)CC3=O)N1CC2.Cl. The number of carbonyl (C=O) groups is 2. The number of methoxy groups -OCH3 is 2. The molecule has 31 heavy (non-hydrogen) atoms. The zero-order chi connectivity index (χ0) is 21.6. The number of benzene rings is 1. The van der Waals surface area contributed by atoms with E-state index < -0.39 is 6.03 Å². The molecule has 1 atom stereocenters. The molecule has 2 aliphatic heterocycles. The predicted molar refractivity (Wildman–Crippen MR) is 120 cm³/mol. The Balaban J connectivity index is 0.00000272. The molecule has 168 valence electrons. The summed E-state index contributed by atoms with van der Waals surface area (Å²) in [6.07, 6.45) is 2.60. The van der Waals surface area contributed by atoms with E-state index in [2.05, 4.69) is 29.3 Å². The third kappa shape index (κ3) is 4.08. The summed E-state index contributed by atoms with van der Waals surface area (Å²) in [5.41, 5.74) is 12.0. The Morgan fingerprint density at radius 2 is 1.90 bits per heavy atom. The maximum Gasteiger partial charge on any atom is 0.332 e. The van der Waals surface area contributed by atoms with Gasteiger partial charge in [-0.2, -0.15) is 5.10 Å². The normalized spacial score (nSPS) is 22.7. The lowest BCUT2D eigenvalue weighted by atomic mass is 9.71. The minimum absolute atomic E-state index is 0. The van der Waals surface area contributed by atoms with E-state index in [1.165, 1.54) is 5.56 Å². The van der Waals surface area contributed by atoms with E-state index >= 15 is 0 Å². The van der Waals surface area contributed by atoms with E-state index in [0.717, 1.165) is 30.6 Å². The molecule has 0 aromatic heterocycles. The van der Waals surface area contributed by atoms with Gasteiger partial charge in [0.15, 0.2) is 17.3 Å². The zero-order valence-electron chi connectivity index (χ0n) is 18.3. The number of rotatable bonds is 3. The molecule has 0 saturated carbocycles. The van der Waals surface area contributed by atoms with Gasteiger partial charge in [0.1, 0.15) is 0 Å². The molecule has 8 nitrogen and oxygen atoms in total. The van der Waals surface area contributed by atoms with Gasteiger partial charge in [-0.3, -0.25) is 4.79 Å². The standard InChI is InChI=1S/C22H28N4O4.ClH/c1-22(2)10-16-20(17(27)11-22)14(24-25-21(23)28)9-15-13-8-19(30-4)18(29-3)7-12(13)5-6-26(15)16;/h7-8,15H,5-6,9-11H2,1-4H3,(H3,23,25,28);1H/b24-14+;. The van der Waals surface area contributed by atoms with E-state index in [9.17, 15) is 9.59 Å². The molecule has 0 bridgehead atoms. The van der Waals surface area contributed by atoms with Crippen LogP contribution in [-0.4, -0.2) is 43.2 Å². The molecule has 1 aromatic rings. The Labute approximate surface area is 188 Å². The van der Waals surface area contributed by atoms with Gasteiger partial charge in [-0.1, -0.05) is 13.8 Å². The van der Waals surface area contributed by atoms with Crippen molar-refractivity contribution in [1.29, 1.82) is 0 Å². The average Bonchev–Trinajstić information content (AvgIpc) is 2.69. The van der Waals surface area contributed by atoms with Gasteiger partial charge in [-0.05, 0) is 41.5 Å². The maximum absolute atomic E-state index is 13.1. The lowest BCUT2D eigenvalue weighted by Crippen LogP contribution is -2.46. The van der Waals surface area contributed by atoms with Crippen molar-refractivity contribution in [1.82, 2.24) is 10.3 Å². The molecule has 0 saturated heterocycles. The lowest BCUT2D eigenvalue weighted by molar-refractivity contribution is -0.118. The van der Waals surface area contributed by atoms with E-state index in [-0.39, 0.29) is 29.6 Å². The summed E-state index contributed by atoms with van der Waals surface area (Å²) in [4.78, 5) is 26.7. The Hall–Kier alpha value is -2.74. The van der Waals surface area contributed by atoms with Crippen LogP contribution in [0.5, 0.6) is 11.5 Å².